The first-order chi connectivity index (χ1) is 17.2. The van der Waals surface area contributed by atoms with E-state index in [1.54, 1.807) is 19.2 Å². The lowest BCUT2D eigenvalue weighted by molar-refractivity contribution is -0.137. The van der Waals surface area contributed by atoms with E-state index in [1.165, 1.54) is 16.0 Å². The first kappa shape index (κ1) is 25.3. The highest BCUT2D eigenvalue weighted by atomic mass is 16.5. The van der Waals surface area contributed by atoms with E-state index >= 15 is 0 Å². The second-order valence-electron chi connectivity index (χ2n) is 9.99. The minimum Gasteiger partial charge on any atom is -0.496 e. The Balaban J connectivity index is 1.52. The number of carbonyl (C=O) groups excluding carboxylic acids is 1. The Kier molecular flexibility index (Phi) is 7.34. The highest BCUT2D eigenvalue weighted by Gasteiger charge is 2.35. The van der Waals surface area contributed by atoms with E-state index < -0.39 is 18.1 Å². The number of fused-ring (bicyclic) bond motifs is 1. The Morgan fingerprint density at radius 1 is 1.08 bits per heavy atom. The van der Waals surface area contributed by atoms with Crippen molar-refractivity contribution in [1.82, 2.24) is 4.90 Å². The van der Waals surface area contributed by atoms with Crippen LogP contribution >= 0.6 is 0 Å². The molecule has 1 atom stereocenters. The van der Waals surface area contributed by atoms with E-state index in [0.717, 1.165) is 23.3 Å². The van der Waals surface area contributed by atoms with Crippen LogP contribution in [0.25, 0.3) is 0 Å². The zero-order valence-corrected chi connectivity index (χ0v) is 21.3. The fourth-order valence-corrected chi connectivity index (χ4v) is 4.79. The lowest BCUT2D eigenvalue weighted by Gasteiger charge is -2.24. The van der Waals surface area contributed by atoms with Gasteiger partial charge in [0.25, 0.3) is 5.91 Å². The molecule has 0 aliphatic carbocycles. The minimum absolute atomic E-state index is 0.132. The number of nitrogens with zero attached hydrogens (tertiary/aromatic N) is 1. The minimum atomic E-state index is -1.07. The smallest absolute Gasteiger partial charge is 0.323 e. The van der Waals surface area contributed by atoms with Crippen LogP contribution in [0, 0.1) is 0 Å². The molecule has 0 fully saturated rings. The first-order valence-electron chi connectivity index (χ1n) is 12.2. The molecule has 0 saturated heterocycles. The maximum absolute atomic E-state index is 13.4. The fraction of sp³-hybridized carbons (Fsp3) is 0.333. The van der Waals surface area contributed by atoms with Crippen molar-refractivity contribution in [1.29, 1.82) is 0 Å². The van der Waals surface area contributed by atoms with Gasteiger partial charge in [-0.3, -0.25) is 9.59 Å². The van der Waals surface area contributed by atoms with Crippen molar-refractivity contribution < 1.29 is 24.2 Å². The number of hydrogen-bond donors (Lipinski definition) is 1. The zero-order chi connectivity index (χ0) is 25.9. The van der Waals surface area contributed by atoms with Gasteiger partial charge in [0.2, 0.25) is 0 Å². The number of aliphatic carboxylic acids is 1. The number of rotatable bonds is 9. The summed E-state index contributed by atoms with van der Waals surface area (Å²) in [6.07, 6.45) is 1.42. The Morgan fingerprint density at radius 2 is 1.81 bits per heavy atom. The molecule has 1 aliphatic heterocycles. The zero-order valence-electron chi connectivity index (χ0n) is 21.3. The Bertz CT molecular complexity index is 1250. The molecule has 0 spiro atoms. The summed E-state index contributed by atoms with van der Waals surface area (Å²) in [4.78, 5) is 26.3. The van der Waals surface area contributed by atoms with E-state index in [1.807, 2.05) is 30.3 Å². The average molecular weight is 488 g/mol. The lowest BCUT2D eigenvalue weighted by Crippen LogP contribution is -2.35. The SMILES string of the molecule is COc1ccccc1CN(CC(=O)O)C(=O)c1ccc2c(c1)CC(C)(Cc1ccc(C(C)C)cc1)O2. The van der Waals surface area contributed by atoms with Gasteiger partial charge < -0.3 is 19.5 Å². The van der Waals surface area contributed by atoms with Crippen molar-refractivity contribution in [3.63, 3.8) is 0 Å². The molecule has 1 heterocycles. The third kappa shape index (κ3) is 5.70. The molecule has 1 unspecified atom stereocenters. The molecule has 3 aromatic rings. The lowest BCUT2D eigenvalue weighted by atomic mass is 9.90. The molecule has 188 valence electrons. The van der Waals surface area contributed by atoms with Crippen LogP contribution in [-0.4, -0.2) is 41.1 Å². The average Bonchev–Trinajstić information content (AvgIpc) is 3.18. The van der Waals surface area contributed by atoms with Gasteiger partial charge in [0.05, 0.1) is 13.7 Å². The standard InChI is InChI=1S/C30H33NO5/c1-20(2)22-11-9-21(10-12-22)16-30(3)17-25-15-23(13-14-27(25)36-30)29(34)31(19-28(32)33)18-24-7-5-6-8-26(24)35-4/h5-15,20H,16-19H2,1-4H3,(H,32,33). The van der Waals surface area contributed by atoms with Crippen molar-refractivity contribution in [2.24, 2.45) is 0 Å². The second kappa shape index (κ2) is 10.4. The molecule has 3 aromatic carbocycles. The van der Waals surface area contributed by atoms with Crippen LogP contribution < -0.4 is 9.47 Å². The monoisotopic (exact) mass is 487 g/mol. The number of hydrogen-bond acceptors (Lipinski definition) is 4. The van der Waals surface area contributed by atoms with Gasteiger partial charge in [0, 0.05) is 24.0 Å². The molecule has 0 saturated carbocycles. The first-order valence-corrected chi connectivity index (χ1v) is 12.2. The van der Waals surface area contributed by atoms with Crippen LogP contribution in [-0.2, 0) is 24.2 Å². The van der Waals surface area contributed by atoms with Crippen LogP contribution in [0.15, 0.2) is 66.7 Å². The predicted octanol–water partition coefficient (Wildman–Crippen LogP) is 5.48. The number of para-hydroxylation sites is 1. The summed E-state index contributed by atoms with van der Waals surface area (Å²) in [6, 6.07) is 21.3. The Labute approximate surface area is 212 Å². The van der Waals surface area contributed by atoms with Crippen molar-refractivity contribution >= 4 is 11.9 Å². The molecular weight excluding hydrogens is 454 g/mol. The molecule has 1 amide bonds. The van der Waals surface area contributed by atoms with E-state index in [-0.39, 0.29) is 12.5 Å². The molecule has 4 rings (SSSR count). The molecule has 0 aromatic heterocycles. The van der Waals surface area contributed by atoms with Crippen LogP contribution in [0.1, 0.15) is 59.3 Å². The molecule has 6 nitrogen and oxygen atoms in total. The topological polar surface area (TPSA) is 76.1 Å². The van der Waals surface area contributed by atoms with Crippen LogP contribution in [0.4, 0.5) is 0 Å². The van der Waals surface area contributed by atoms with E-state index in [4.69, 9.17) is 9.47 Å². The maximum atomic E-state index is 13.4. The molecule has 36 heavy (non-hydrogen) atoms. The molecule has 6 heteroatoms. The van der Waals surface area contributed by atoms with Crippen LogP contribution in [0.3, 0.4) is 0 Å². The van der Waals surface area contributed by atoms with Gasteiger partial charge in [-0.1, -0.05) is 56.3 Å². The van der Waals surface area contributed by atoms with Gasteiger partial charge in [0.15, 0.2) is 0 Å². The molecule has 0 bridgehead atoms. The van der Waals surface area contributed by atoms with Gasteiger partial charge >= 0.3 is 5.97 Å². The number of carbonyl (C=O) groups is 2. The number of ether oxygens (including phenoxy) is 2. The normalized spacial score (nSPS) is 16.4. The summed E-state index contributed by atoms with van der Waals surface area (Å²) in [7, 11) is 1.55. The second-order valence-corrected chi connectivity index (χ2v) is 9.99. The van der Waals surface area contributed by atoms with Crippen molar-refractivity contribution in [3.05, 3.63) is 94.5 Å². The summed E-state index contributed by atoms with van der Waals surface area (Å²) in [5, 5.41) is 9.45. The van der Waals surface area contributed by atoms with Crippen LogP contribution in [0.5, 0.6) is 11.5 Å². The fourth-order valence-electron chi connectivity index (χ4n) is 4.79. The van der Waals surface area contributed by atoms with Crippen molar-refractivity contribution in [2.75, 3.05) is 13.7 Å². The molecule has 1 N–H and O–H groups in total. The predicted molar refractivity (Wildman–Crippen MR) is 139 cm³/mol. The van der Waals surface area contributed by atoms with Gasteiger partial charge in [-0.2, -0.15) is 0 Å². The van der Waals surface area contributed by atoms with Gasteiger partial charge in [-0.05, 0) is 53.8 Å². The van der Waals surface area contributed by atoms with E-state index in [9.17, 15) is 14.7 Å². The Hall–Kier alpha value is -3.80. The van der Waals surface area contributed by atoms with E-state index in [0.29, 0.717) is 23.7 Å². The maximum Gasteiger partial charge on any atom is 0.323 e. The third-order valence-electron chi connectivity index (χ3n) is 6.62. The largest absolute Gasteiger partial charge is 0.496 e. The number of amides is 1. The number of methoxy groups -OCH3 is 1. The number of benzene rings is 3. The van der Waals surface area contributed by atoms with Gasteiger partial charge in [-0.15, -0.1) is 0 Å². The summed E-state index contributed by atoms with van der Waals surface area (Å²) in [6.45, 7) is 6.17. The summed E-state index contributed by atoms with van der Waals surface area (Å²) >= 11 is 0. The summed E-state index contributed by atoms with van der Waals surface area (Å²) in [5.74, 6) is 0.451. The Morgan fingerprint density at radius 3 is 2.47 bits per heavy atom. The third-order valence-corrected chi connectivity index (χ3v) is 6.62. The quantitative estimate of drug-likeness (QED) is 0.432. The molecule has 0 radical (unpaired) electrons. The summed E-state index contributed by atoms with van der Waals surface area (Å²) in [5.41, 5.74) is 4.24. The highest BCUT2D eigenvalue weighted by molar-refractivity contribution is 5.96. The van der Waals surface area contributed by atoms with Gasteiger partial charge in [0.1, 0.15) is 23.6 Å². The van der Waals surface area contributed by atoms with Crippen molar-refractivity contribution in [2.45, 2.75) is 51.7 Å². The van der Waals surface area contributed by atoms with Crippen molar-refractivity contribution in [3.8, 4) is 11.5 Å². The van der Waals surface area contributed by atoms with E-state index in [2.05, 4.69) is 45.0 Å². The summed E-state index contributed by atoms with van der Waals surface area (Å²) < 4.78 is 11.7. The molecule has 1 aliphatic rings. The number of carboxylic acid groups (broad SMARTS) is 1. The highest BCUT2D eigenvalue weighted by Crippen LogP contribution is 2.38. The molecular formula is C30H33NO5. The van der Waals surface area contributed by atoms with Crippen LogP contribution in [0.2, 0.25) is 0 Å². The van der Waals surface area contributed by atoms with Gasteiger partial charge in [-0.25, -0.2) is 0 Å². The number of carboxylic acids is 1.